The maximum Gasteiger partial charge on any atom is 0.137 e. The van der Waals surface area contributed by atoms with Crippen LogP contribution >= 0.6 is 11.8 Å². The van der Waals surface area contributed by atoms with E-state index in [2.05, 4.69) is 13.8 Å². The summed E-state index contributed by atoms with van der Waals surface area (Å²) in [6, 6.07) is 5.61. The fraction of sp³-hybridized carbons (Fsp3) is 0.571. The van der Waals surface area contributed by atoms with Gasteiger partial charge in [0.25, 0.3) is 0 Å². The molecule has 0 radical (unpaired) electrons. The molecule has 0 amide bonds. The van der Waals surface area contributed by atoms with Crippen molar-refractivity contribution in [3.05, 3.63) is 29.6 Å². The van der Waals surface area contributed by atoms with E-state index in [-0.39, 0.29) is 11.9 Å². The Labute approximate surface area is 108 Å². The van der Waals surface area contributed by atoms with Crippen molar-refractivity contribution in [2.45, 2.75) is 44.6 Å². The first kappa shape index (κ1) is 14.5. The zero-order valence-electron chi connectivity index (χ0n) is 10.9. The molecule has 1 nitrogen and oxygen atoms in total. The van der Waals surface area contributed by atoms with Crippen LogP contribution in [0.25, 0.3) is 0 Å². The lowest BCUT2D eigenvalue weighted by Crippen LogP contribution is -2.21. The standard InChI is InChI=1S/C14H22FNS/c1-4-12(16)7-11-5-6-14(13(15)8-11)17-9-10(2)3/h5-6,8,10,12H,4,7,9,16H2,1-3H3. The molecule has 0 bridgehead atoms. The molecule has 3 heteroatoms. The van der Waals surface area contributed by atoms with E-state index in [1.807, 2.05) is 19.1 Å². The summed E-state index contributed by atoms with van der Waals surface area (Å²) in [5.41, 5.74) is 6.86. The SMILES string of the molecule is CCC(N)Cc1ccc(SCC(C)C)c(F)c1. The highest BCUT2D eigenvalue weighted by molar-refractivity contribution is 7.99. The molecule has 1 aromatic carbocycles. The van der Waals surface area contributed by atoms with Gasteiger partial charge < -0.3 is 5.73 Å². The molecular weight excluding hydrogens is 233 g/mol. The van der Waals surface area contributed by atoms with Crippen molar-refractivity contribution in [3.8, 4) is 0 Å². The maximum atomic E-state index is 13.8. The second-order valence-corrected chi connectivity index (χ2v) is 5.90. The van der Waals surface area contributed by atoms with Gasteiger partial charge in [-0.1, -0.05) is 26.8 Å². The average Bonchev–Trinajstić information content (AvgIpc) is 2.27. The minimum absolute atomic E-state index is 0.114. The molecule has 2 N–H and O–H groups in total. The number of halogens is 1. The summed E-state index contributed by atoms with van der Waals surface area (Å²) < 4.78 is 13.8. The smallest absolute Gasteiger partial charge is 0.137 e. The Morgan fingerprint density at radius 3 is 2.59 bits per heavy atom. The summed E-state index contributed by atoms with van der Waals surface area (Å²) in [5, 5.41) is 0. The van der Waals surface area contributed by atoms with Crippen LogP contribution in [0.4, 0.5) is 4.39 Å². The Balaban J connectivity index is 2.65. The van der Waals surface area contributed by atoms with E-state index in [9.17, 15) is 4.39 Å². The van der Waals surface area contributed by atoms with Gasteiger partial charge in [-0.05, 0) is 36.5 Å². The van der Waals surface area contributed by atoms with Crippen LogP contribution in [-0.2, 0) is 6.42 Å². The first-order valence-corrected chi connectivity index (χ1v) is 7.18. The van der Waals surface area contributed by atoms with Crippen LogP contribution in [0, 0.1) is 11.7 Å². The fourth-order valence-corrected chi connectivity index (χ4v) is 2.37. The Bertz CT molecular complexity index is 352. The molecule has 0 saturated heterocycles. The Morgan fingerprint density at radius 2 is 2.06 bits per heavy atom. The third-order valence-electron chi connectivity index (χ3n) is 2.59. The summed E-state index contributed by atoms with van der Waals surface area (Å²) >= 11 is 1.58. The van der Waals surface area contributed by atoms with E-state index < -0.39 is 0 Å². The van der Waals surface area contributed by atoms with Gasteiger partial charge in [-0.15, -0.1) is 11.8 Å². The lowest BCUT2D eigenvalue weighted by atomic mass is 10.0. The van der Waals surface area contributed by atoms with Crippen molar-refractivity contribution in [2.75, 3.05) is 5.75 Å². The van der Waals surface area contributed by atoms with Crippen molar-refractivity contribution in [3.63, 3.8) is 0 Å². The van der Waals surface area contributed by atoms with E-state index in [1.54, 1.807) is 17.8 Å². The first-order valence-electron chi connectivity index (χ1n) is 6.19. The van der Waals surface area contributed by atoms with Gasteiger partial charge in [0.1, 0.15) is 5.82 Å². The van der Waals surface area contributed by atoms with Gasteiger partial charge in [0.05, 0.1) is 0 Å². The summed E-state index contributed by atoms with van der Waals surface area (Å²) in [6.07, 6.45) is 1.67. The second-order valence-electron chi connectivity index (χ2n) is 4.84. The Kier molecular flexibility index (Phi) is 6.00. The predicted molar refractivity (Wildman–Crippen MR) is 73.9 cm³/mol. The number of hydrogen-bond donors (Lipinski definition) is 1. The molecule has 0 aromatic heterocycles. The molecule has 0 spiro atoms. The number of rotatable bonds is 6. The van der Waals surface area contributed by atoms with E-state index in [4.69, 9.17) is 5.73 Å². The number of benzene rings is 1. The minimum Gasteiger partial charge on any atom is -0.327 e. The van der Waals surface area contributed by atoms with Gasteiger partial charge in [-0.25, -0.2) is 4.39 Å². The van der Waals surface area contributed by atoms with Gasteiger partial charge in [0.2, 0.25) is 0 Å². The first-order chi connectivity index (χ1) is 8.02. The lowest BCUT2D eigenvalue weighted by molar-refractivity contribution is 0.592. The van der Waals surface area contributed by atoms with Crippen molar-refractivity contribution >= 4 is 11.8 Å². The van der Waals surface area contributed by atoms with Gasteiger partial charge in [-0.3, -0.25) is 0 Å². The molecule has 0 fully saturated rings. The molecule has 1 aromatic rings. The Morgan fingerprint density at radius 1 is 1.35 bits per heavy atom. The van der Waals surface area contributed by atoms with Crippen molar-refractivity contribution in [1.82, 2.24) is 0 Å². The quantitative estimate of drug-likeness (QED) is 0.781. The zero-order valence-corrected chi connectivity index (χ0v) is 11.7. The second kappa shape index (κ2) is 7.02. The molecule has 0 aliphatic carbocycles. The van der Waals surface area contributed by atoms with Crippen LogP contribution in [0.5, 0.6) is 0 Å². The monoisotopic (exact) mass is 255 g/mol. The molecule has 0 heterocycles. The number of nitrogens with two attached hydrogens (primary N) is 1. The van der Waals surface area contributed by atoms with Crippen LogP contribution < -0.4 is 5.73 Å². The van der Waals surface area contributed by atoms with Crippen LogP contribution in [0.15, 0.2) is 23.1 Å². The molecule has 1 unspecified atom stereocenters. The molecule has 1 rings (SSSR count). The lowest BCUT2D eigenvalue weighted by Gasteiger charge is -2.10. The highest BCUT2D eigenvalue weighted by atomic mass is 32.2. The Hall–Kier alpha value is -0.540. The summed E-state index contributed by atoms with van der Waals surface area (Å²) in [4.78, 5) is 0.743. The van der Waals surface area contributed by atoms with Crippen molar-refractivity contribution in [1.29, 1.82) is 0 Å². The predicted octanol–water partition coefficient (Wildman–Crippen LogP) is 3.85. The van der Waals surface area contributed by atoms with E-state index in [0.717, 1.165) is 29.1 Å². The van der Waals surface area contributed by atoms with Crippen molar-refractivity contribution < 1.29 is 4.39 Å². The van der Waals surface area contributed by atoms with E-state index in [0.29, 0.717) is 5.92 Å². The van der Waals surface area contributed by atoms with Gasteiger partial charge in [0.15, 0.2) is 0 Å². The van der Waals surface area contributed by atoms with Crippen LogP contribution in [0.2, 0.25) is 0 Å². The highest BCUT2D eigenvalue weighted by Crippen LogP contribution is 2.25. The molecule has 0 aliphatic heterocycles. The zero-order chi connectivity index (χ0) is 12.8. The number of hydrogen-bond acceptors (Lipinski definition) is 2. The highest BCUT2D eigenvalue weighted by Gasteiger charge is 2.07. The molecule has 17 heavy (non-hydrogen) atoms. The molecular formula is C14H22FNS. The van der Waals surface area contributed by atoms with Crippen molar-refractivity contribution in [2.24, 2.45) is 11.7 Å². The minimum atomic E-state index is -0.114. The maximum absolute atomic E-state index is 13.8. The molecule has 96 valence electrons. The third kappa shape index (κ3) is 5.09. The van der Waals surface area contributed by atoms with Crippen LogP contribution in [-0.4, -0.2) is 11.8 Å². The average molecular weight is 255 g/mol. The fourth-order valence-electron chi connectivity index (χ4n) is 1.49. The normalized spacial score (nSPS) is 13.1. The summed E-state index contributed by atoms with van der Waals surface area (Å²) in [7, 11) is 0. The largest absolute Gasteiger partial charge is 0.327 e. The van der Waals surface area contributed by atoms with Gasteiger partial charge in [-0.2, -0.15) is 0 Å². The molecule has 0 aliphatic rings. The summed E-state index contributed by atoms with van der Waals surface area (Å²) in [6.45, 7) is 6.33. The third-order valence-corrected chi connectivity index (χ3v) is 4.07. The van der Waals surface area contributed by atoms with E-state index in [1.165, 1.54) is 0 Å². The topological polar surface area (TPSA) is 26.0 Å². The molecule has 1 atom stereocenters. The van der Waals surface area contributed by atoms with Gasteiger partial charge >= 0.3 is 0 Å². The summed E-state index contributed by atoms with van der Waals surface area (Å²) in [5.74, 6) is 1.41. The van der Waals surface area contributed by atoms with Crippen LogP contribution in [0.1, 0.15) is 32.8 Å². The molecule has 0 saturated carbocycles. The van der Waals surface area contributed by atoms with E-state index >= 15 is 0 Å². The number of thioether (sulfide) groups is 1. The van der Waals surface area contributed by atoms with Gasteiger partial charge in [0, 0.05) is 16.7 Å². The van der Waals surface area contributed by atoms with Crippen LogP contribution in [0.3, 0.4) is 0 Å².